The first-order chi connectivity index (χ1) is 13.1. The van der Waals surface area contributed by atoms with Crippen LogP contribution in [0.5, 0.6) is 0 Å². The van der Waals surface area contributed by atoms with Gasteiger partial charge >= 0.3 is 7.60 Å². The van der Waals surface area contributed by atoms with Gasteiger partial charge in [0.15, 0.2) is 0 Å². The lowest BCUT2D eigenvalue weighted by molar-refractivity contribution is 0.144. The maximum absolute atomic E-state index is 12.9. The zero-order chi connectivity index (χ0) is 20.2. The molecule has 0 aliphatic heterocycles. The predicted octanol–water partition coefficient (Wildman–Crippen LogP) is 7.61. The summed E-state index contributed by atoms with van der Waals surface area (Å²) < 4.78 is 29.6. The number of hydrogen-bond donors (Lipinski definition) is 0. The summed E-state index contributed by atoms with van der Waals surface area (Å²) in [4.78, 5) is 0. The highest BCUT2D eigenvalue weighted by molar-refractivity contribution is 7.53. The van der Waals surface area contributed by atoms with Crippen LogP contribution >= 0.6 is 7.60 Å². The standard InChI is InChI=1S/C22H47O4P/c1-5-7-9-10-11-12-13-14-15-16-18-25-27(23,20-8-6-2)26-21-22(3)17-19-24-4/h22H,5-21H2,1-4H3. The smallest absolute Gasteiger partial charge is 0.330 e. The van der Waals surface area contributed by atoms with Gasteiger partial charge in [-0.1, -0.05) is 85.0 Å². The van der Waals surface area contributed by atoms with E-state index in [4.69, 9.17) is 13.8 Å². The Hall–Kier alpha value is 0.110. The van der Waals surface area contributed by atoms with Gasteiger partial charge < -0.3 is 13.8 Å². The molecule has 0 spiro atoms. The summed E-state index contributed by atoms with van der Waals surface area (Å²) in [6.45, 7) is 8.23. The normalized spacial score (nSPS) is 15.0. The van der Waals surface area contributed by atoms with Crippen molar-refractivity contribution >= 4 is 7.60 Å². The van der Waals surface area contributed by atoms with E-state index in [0.29, 0.717) is 31.9 Å². The van der Waals surface area contributed by atoms with Crippen LogP contribution < -0.4 is 0 Å². The summed E-state index contributed by atoms with van der Waals surface area (Å²) in [5.41, 5.74) is 0. The molecule has 0 aromatic heterocycles. The van der Waals surface area contributed by atoms with E-state index in [2.05, 4.69) is 20.8 Å². The molecular weight excluding hydrogens is 359 g/mol. The fraction of sp³-hybridized carbons (Fsp3) is 1.00. The Balaban J connectivity index is 3.84. The van der Waals surface area contributed by atoms with E-state index >= 15 is 0 Å². The van der Waals surface area contributed by atoms with Gasteiger partial charge in [-0.2, -0.15) is 0 Å². The quantitative estimate of drug-likeness (QED) is 0.145. The van der Waals surface area contributed by atoms with E-state index in [1.807, 2.05) is 0 Å². The van der Waals surface area contributed by atoms with E-state index in [1.165, 1.54) is 51.4 Å². The van der Waals surface area contributed by atoms with Gasteiger partial charge in [0.2, 0.25) is 0 Å². The number of ether oxygens (including phenoxy) is 1. The molecule has 27 heavy (non-hydrogen) atoms. The molecule has 0 aliphatic carbocycles. The summed E-state index contributed by atoms with van der Waals surface area (Å²) >= 11 is 0. The van der Waals surface area contributed by atoms with Crippen molar-refractivity contribution in [2.45, 2.75) is 104 Å². The Kier molecular flexibility index (Phi) is 19.5. The molecule has 2 unspecified atom stereocenters. The van der Waals surface area contributed by atoms with Gasteiger partial charge in [0, 0.05) is 13.7 Å². The highest BCUT2D eigenvalue weighted by Gasteiger charge is 2.24. The van der Waals surface area contributed by atoms with Crippen LogP contribution in [-0.2, 0) is 18.3 Å². The Morgan fingerprint density at radius 1 is 0.741 bits per heavy atom. The Morgan fingerprint density at radius 2 is 1.30 bits per heavy atom. The SMILES string of the molecule is CCCCCCCCCCCCOP(=O)(CCCC)OCC(C)CCOC. The number of hydrogen-bond acceptors (Lipinski definition) is 4. The van der Waals surface area contributed by atoms with Gasteiger partial charge in [-0.15, -0.1) is 0 Å². The number of rotatable bonds is 21. The zero-order valence-electron chi connectivity index (χ0n) is 18.7. The van der Waals surface area contributed by atoms with Crippen LogP contribution in [0.4, 0.5) is 0 Å². The van der Waals surface area contributed by atoms with Crippen LogP contribution in [0, 0.1) is 5.92 Å². The summed E-state index contributed by atoms with van der Waals surface area (Å²) in [6.07, 6.45) is 16.3. The molecule has 0 fully saturated rings. The molecule has 0 aliphatic rings. The van der Waals surface area contributed by atoms with Gasteiger partial charge in [0.1, 0.15) is 0 Å². The lowest BCUT2D eigenvalue weighted by Gasteiger charge is -2.20. The van der Waals surface area contributed by atoms with Crippen LogP contribution in [0.15, 0.2) is 0 Å². The summed E-state index contributed by atoms with van der Waals surface area (Å²) in [5.74, 6) is 0.334. The Bertz CT molecular complexity index is 349. The molecule has 0 bridgehead atoms. The monoisotopic (exact) mass is 406 g/mol. The van der Waals surface area contributed by atoms with Gasteiger partial charge in [-0.25, -0.2) is 0 Å². The minimum atomic E-state index is -2.94. The fourth-order valence-corrected chi connectivity index (χ4v) is 4.88. The minimum Gasteiger partial charge on any atom is -0.385 e. The highest BCUT2D eigenvalue weighted by Crippen LogP contribution is 2.49. The van der Waals surface area contributed by atoms with E-state index in [9.17, 15) is 4.57 Å². The van der Waals surface area contributed by atoms with Crippen molar-refractivity contribution in [3.05, 3.63) is 0 Å². The maximum Gasteiger partial charge on any atom is 0.330 e. The van der Waals surface area contributed by atoms with Crippen molar-refractivity contribution in [2.24, 2.45) is 5.92 Å². The van der Waals surface area contributed by atoms with Crippen LogP contribution in [0.2, 0.25) is 0 Å². The van der Waals surface area contributed by atoms with Crippen LogP contribution in [0.3, 0.4) is 0 Å². The lowest BCUT2D eigenvalue weighted by Crippen LogP contribution is -2.10. The van der Waals surface area contributed by atoms with Crippen molar-refractivity contribution in [1.29, 1.82) is 0 Å². The maximum atomic E-state index is 12.9. The number of methoxy groups -OCH3 is 1. The van der Waals surface area contributed by atoms with Gasteiger partial charge in [0.05, 0.1) is 19.4 Å². The van der Waals surface area contributed by atoms with Crippen molar-refractivity contribution in [3.8, 4) is 0 Å². The Morgan fingerprint density at radius 3 is 1.85 bits per heavy atom. The average Bonchev–Trinajstić information content (AvgIpc) is 2.67. The molecule has 0 saturated heterocycles. The predicted molar refractivity (Wildman–Crippen MR) is 117 cm³/mol. The molecule has 0 aromatic rings. The van der Waals surface area contributed by atoms with Crippen LogP contribution in [-0.4, -0.2) is 33.1 Å². The third-order valence-corrected chi connectivity index (χ3v) is 6.92. The summed E-state index contributed by atoms with van der Waals surface area (Å²) in [7, 11) is -1.24. The van der Waals surface area contributed by atoms with Crippen LogP contribution in [0.25, 0.3) is 0 Å². The van der Waals surface area contributed by atoms with Crippen molar-refractivity contribution < 1.29 is 18.3 Å². The molecule has 0 saturated carbocycles. The highest BCUT2D eigenvalue weighted by atomic mass is 31.2. The molecule has 4 nitrogen and oxygen atoms in total. The van der Waals surface area contributed by atoms with E-state index in [1.54, 1.807) is 7.11 Å². The molecule has 0 radical (unpaired) electrons. The molecule has 164 valence electrons. The molecule has 2 atom stereocenters. The molecule has 0 N–H and O–H groups in total. The van der Waals surface area contributed by atoms with Gasteiger partial charge in [-0.05, 0) is 25.2 Å². The lowest BCUT2D eigenvalue weighted by atomic mass is 10.1. The van der Waals surface area contributed by atoms with Crippen molar-refractivity contribution in [3.63, 3.8) is 0 Å². The molecule has 0 heterocycles. The second-order valence-electron chi connectivity index (χ2n) is 7.89. The topological polar surface area (TPSA) is 44.8 Å². The van der Waals surface area contributed by atoms with Gasteiger partial charge in [-0.3, -0.25) is 4.57 Å². The summed E-state index contributed by atoms with van der Waals surface area (Å²) in [5, 5.41) is 0. The largest absolute Gasteiger partial charge is 0.385 e. The third-order valence-electron chi connectivity index (χ3n) is 4.94. The van der Waals surface area contributed by atoms with Crippen LogP contribution in [0.1, 0.15) is 104 Å². The zero-order valence-corrected chi connectivity index (χ0v) is 19.6. The van der Waals surface area contributed by atoms with E-state index < -0.39 is 7.60 Å². The molecule has 0 amide bonds. The third kappa shape index (κ3) is 17.9. The molecule has 0 rings (SSSR count). The molecule has 0 aromatic carbocycles. The van der Waals surface area contributed by atoms with E-state index in [0.717, 1.165) is 32.1 Å². The second kappa shape index (κ2) is 19.4. The molecular formula is C22H47O4P. The van der Waals surface area contributed by atoms with Crippen molar-refractivity contribution in [2.75, 3.05) is 33.1 Å². The fourth-order valence-electron chi connectivity index (χ4n) is 2.95. The minimum absolute atomic E-state index is 0.334. The van der Waals surface area contributed by atoms with Crippen molar-refractivity contribution in [1.82, 2.24) is 0 Å². The van der Waals surface area contributed by atoms with E-state index in [-0.39, 0.29) is 0 Å². The first kappa shape index (κ1) is 27.1. The second-order valence-corrected chi connectivity index (χ2v) is 10.1. The average molecular weight is 407 g/mol. The first-order valence-electron chi connectivity index (χ1n) is 11.4. The Labute approximate surface area is 169 Å². The van der Waals surface area contributed by atoms with Gasteiger partial charge in [0.25, 0.3) is 0 Å². The summed E-state index contributed by atoms with van der Waals surface area (Å²) in [6, 6.07) is 0. The molecule has 5 heteroatoms. The number of unbranched alkanes of at least 4 members (excludes halogenated alkanes) is 10. The first-order valence-corrected chi connectivity index (χ1v) is 13.2.